The van der Waals surface area contributed by atoms with E-state index in [1.54, 1.807) is 7.11 Å². The SMILES string of the molecule is COc1ccc(C2=NO[C@@]3(N4CCOCC4)c4ccccc4[C@H](c4ccccc4)[C@@H]23)cc1. The van der Waals surface area contributed by atoms with E-state index in [-0.39, 0.29) is 11.8 Å². The highest BCUT2D eigenvalue weighted by atomic mass is 16.7. The molecule has 162 valence electrons. The molecule has 3 aromatic rings. The Kier molecular flexibility index (Phi) is 4.74. The molecule has 0 amide bonds. The summed E-state index contributed by atoms with van der Waals surface area (Å²) in [6, 6.07) is 27.6. The lowest BCUT2D eigenvalue weighted by molar-refractivity contribution is -0.185. The molecule has 5 nitrogen and oxygen atoms in total. The Balaban J connectivity index is 1.54. The second kappa shape index (κ2) is 7.76. The van der Waals surface area contributed by atoms with Crippen LogP contribution in [0.5, 0.6) is 5.75 Å². The Hall–Kier alpha value is -3.15. The quantitative estimate of drug-likeness (QED) is 0.621. The van der Waals surface area contributed by atoms with E-state index in [4.69, 9.17) is 19.5 Å². The van der Waals surface area contributed by atoms with Gasteiger partial charge in [-0.1, -0.05) is 59.8 Å². The standard InChI is InChI=1S/C27H26N2O3/c1-30-21-13-11-20(12-14-21)26-25-24(19-7-3-2-4-8-19)22-9-5-6-10-23(22)27(25,32-28-26)29-15-17-31-18-16-29/h2-14,24-25H,15-18H2,1H3/t24-,25-,27-/m0/s1. The highest BCUT2D eigenvalue weighted by Gasteiger charge is 2.63. The summed E-state index contributed by atoms with van der Waals surface area (Å²) >= 11 is 0. The van der Waals surface area contributed by atoms with E-state index < -0.39 is 5.72 Å². The van der Waals surface area contributed by atoms with Crippen LogP contribution < -0.4 is 4.74 Å². The molecule has 3 atom stereocenters. The van der Waals surface area contributed by atoms with Crippen LogP contribution in [0.2, 0.25) is 0 Å². The molecule has 1 aliphatic carbocycles. The maximum Gasteiger partial charge on any atom is 0.226 e. The van der Waals surface area contributed by atoms with Crippen LogP contribution in [0.4, 0.5) is 0 Å². The number of oxime groups is 1. The monoisotopic (exact) mass is 426 g/mol. The number of rotatable bonds is 4. The molecule has 0 N–H and O–H groups in total. The Morgan fingerprint density at radius 2 is 1.62 bits per heavy atom. The van der Waals surface area contributed by atoms with Gasteiger partial charge in [-0.3, -0.25) is 4.90 Å². The van der Waals surface area contributed by atoms with Crippen LogP contribution in [0, 0.1) is 5.92 Å². The molecule has 32 heavy (non-hydrogen) atoms. The first-order valence-electron chi connectivity index (χ1n) is 11.2. The van der Waals surface area contributed by atoms with Crippen LogP contribution in [0.3, 0.4) is 0 Å². The van der Waals surface area contributed by atoms with Crippen molar-refractivity contribution in [1.29, 1.82) is 0 Å². The molecule has 0 radical (unpaired) electrons. The first-order chi connectivity index (χ1) is 15.8. The molecule has 0 spiro atoms. The third-order valence-corrected chi connectivity index (χ3v) is 7.04. The number of fused-ring (bicyclic) bond motifs is 3. The molecule has 3 aliphatic rings. The van der Waals surface area contributed by atoms with Crippen LogP contribution in [-0.2, 0) is 15.3 Å². The van der Waals surface area contributed by atoms with E-state index in [1.165, 1.54) is 16.7 Å². The van der Waals surface area contributed by atoms with Gasteiger partial charge in [0.1, 0.15) is 5.75 Å². The van der Waals surface area contributed by atoms with Crippen LogP contribution in [0.25, 0.3) is 0 Å². The Labute approximate surface area is 188 Å². The van der Waals surface area contributed by atoms with Gasteiger partial charge in [0.25, 0.3) is 0 Å². The van der Waals surface area contributed by atoms with Crippen LogP contribution in [0.1, 0.15) is 28.2 Å². The number of methoxy groups -OCH3 is 1. The summed E-state index contributed by atoms with van der Waals surface area (Å²) in [7, 11) is 1.69. The number of hydrogen-bond acceptors (Lipinski definition) is 5. The molecule has 3 aromatic carbocycles. The zero-order valence-corrected chi connectivity index (χ0v) is 18.1. The van der Waals surface area contributed by atoms with Crippen molar-refractivity contribution in [3.63, 3.8) is 0 Å². The third kappa shape index (κ3) is 2.81. The van der Waals surface area contributed by atoms with Crippen molar-refractivity contribution in [3.05, 3.63) is 101 Å². The highest BCUT2D eigenvalue weighted by Crippen LogP contribution is 2.59. The fraction of sp³-hybridized carbons (Fsp3) is 0.296. The number of benzene rings is 3. The zero-order chi connectivity index (χ0) is 21.5. The van der Waals surface area contributed by atoms with Gasteiger partial charge in [-0.05, 0) is 35.4 Å². The van der Waals surface area contributed by atoms with Gasteiger partial charge >= 0.3 is 0 Å². The minimum absolute atomic E-state index is 0.0359. The van der Waals surface area contributed by atoms with Gasteiger partial charge in [-0.25, -0.2) is 0 Å². The summed E-state index contributed by atoms with van der Waals surface area (Å²) in [6.45, 7) is 3.04. The van der Waals surface area contributed by atoms with Gasteiger partial charge in [0.15, 0.2) is 0 Å². The molecule has 1 fully saturated rings. The van der Waals surface area contributed by atoms with E-state index in [9.17, 15) is 0 Å². The van der Waals surface area contributed by atoms with Gasteiger partial charge in [0.2, 0.25) is 5.72 Å². The maximum absolute atomic E-state index is 6.53. The van der Waals surface area contributed by atoms with Crippen molar-refractivity contribution in [2.45, 2.75) is 11.6 Å². The predicted molar refractivity (Wildman–Crippen MR) is 123 cm³/mol. The van der Waals surface area contributed by atoms with E-state index >= 15 is 0 Å². The highest BCUT2D eigenvalue weighted by molar-refractivity contribution is 6.05. The first kappa shape index (κ1) is 19.5. The zero-order valence-electron chi connectivity index (χ0n) is 18.1. The average molecular weight is 427 g/mol. The third-order valence-electron chi connectivity index (χ3n) is 7.04. The van der Waals surface area contributed by atoms with Crippen molar-refractivity contribution < 1.29 is 14.3 Å². The van der Waals surface area contributed by atoms with E-state index in [1.807, 2.05) is 12.1 Å². The minimum Gasteiger partial charge on any atom is -0.497 e. The lowest BCUT2D eigenvalue weighted by Crippen LogP contribution is -2.54. The molecule has 2 heterocycles. The molecular weight excluding hydrogens is 400 g/mol. The Morgan fingerprint density at radius 1 is 0.906 bits per heavy atom. The van der Waals surface area contributed by atoms with Gasteiger partial charge in [-0.15, -0.1) is 0 Å². The Bertz CT molecular complexity index is 1140. The van der Waals surface area contributed by atoms with Gasteiger partial charge in [-0.2, -0.15) is 0 Å². The molecule has 2 aliphatic heterocycles. The normalized spacial score (nSPS) is 26.7. The topological polar surface area (TPSA) is 43.3 Å². The smallest absolute Gasteiger partial charge is 0.226 e. The van der Waals surface area contributed by atoms with Crippen LogP contribution in [-0.4, -0.2) is 44.0 Å². The summed E-state index contributed by atoms with van der Waals surface area (Å²) in [5.74, 6) is 1.02. The lowest BCUT2D eigenvalue weighted by atomic mass is 9.78. The predicted octanol–water partition coefficient (Wildman–Crippen LogP) is 4.38. The molecule has 0 saturated carbocycles. The van der Waals surface area contributed by atoms with Gasteiger partial charge < -0.3 is 14.3 Å². The molecule has 6 rings (SSSR count). The lowest BCUT2D eigenvalue weighted by Gasteiger charge is -2.42. The van der Waals surface area contributed by atoms with Gasteiger partial charge in [0, 0.05) is 30.1 Å². The van der Waals surface area contributed by atoms with Gasteiger partial charge in [0.05, 0.1) is 32.0 Å². The molecule has 5 heteroatoms. The van der Waals surface area contributed by atoms with Crippen molar-refractivity contribution in [2.75, 3.05) is 33.4 Å². The van der Waals surface area contributed by atoms with Crippen molar-refractivity contribution >= 4 is 5.71 Å². The van der Waals surface area contributed by atoms with Crippen LogP contribution in [0.15, 0.2) is 84.0 Å². The summed E-state index contributed by atoms with van der Waals surface area (Å²) in [4.78, 5) is 8.97. The minimum atomic E-state index is -0.629. The van der Waals surface area contributed by atoms with Crippen molar-refractivity contribution in [3.8, 4) is 5.75 Å². The molecule has 0 bridgehead atoms. The molecule has 1 saturated heterocycles. The maximum atomic E-state index is 6.53. The van der Waals surface area contributed by atoms with E-state index in [2.05, 4.69) is 71.6 Å². The Morgan fingerprint density at radius 3 is 2.38 bits per heavy atom. The van der Waals surface area contributed by atoms with Crippen LogP contribution >= 0.6 is 0 Å². The fourth-order valence-corrected chi connectivity index (χ4v) is 5.64. The summed E-state index contributed by atoms with van der Waals surface area (Å²) in [6.07, 6.45) is 0. The summed E-state index contributed by atoms with van der Waals surface area (Å²) in [5.41, 5.74) is 5.25. The number of hydrogen-bond donors (Lipinski definition) is 0. The molecule has 0 aromatic heterocycles. The molecule has 0 unspecified atom stereocenters. The second-order valence-corrected chi connectivity index (χ2v) is 8.55. The molecular formula is C27H26N2O3. The second-order valence-electron chi connectivity index (χ2n) is 8.55. The summed E-state index contributed by atoms with van der Waals surface area (Å²) < 4.78 is 11.1. The first-order valence-corrected chi connectivity index (χ1v) is 11.2. The van der Waals surface area contributed by atoms with Crippen molar-refractivity contribution in [1.82, 2.24) is 4.90 Å². The largest absolute Gasteiger partial charge is 0.497 e. The van der Waals surface area contributed by atoms with E-state index in [0.717, 1.165) is 30.1 Å². The number of ether oxygens (including phenoxy) is 2. The summed E-state index contributed by atoms with van der Waals surface area (Å²) in [5, 5.41) is 4.76. The van der Waals surface area contributed by atoms with E-state index in [0.29, 0.717) is 13.2 Å². The number of nitrogens with zero attached hydrogens (tertiary/aromatic N) is 2. The van der Waals surface area contributed by atoms with Crippen molar-refractivity contribution in [2.24, 2.45) is 11.1 Å². The fourth-order valence-electron chi connectivity index (χ4n) is 5.64. The average Bonchev–Trinajstić information content (AvgIpc) is 3.39. The number of morpholine rings is 1.